The summed E-state index contributed by atoms with van der Waals surface area (Å²) in [7, 11) is 0. The normalized spacial score (nSPS) is 11.2. The Labute approximate surface area is 189 Å². The lowest BCUT2D eigenvalue weighted by atomic mass is 10.1. The maximum atomic E-state index is 13.2. The van der Waals surface area contributed by atoms with Gasteiger partial charge in [0.2, 0.25) is 0 Å². The number of hydrogen-bond acceptors (Lipinski definition) is 5. The first-order valence-corrected chi connectivity index (χ1v) is 11.3. The third kappa shape index (κ3) is 3.61. The zero-order chi connectivity index (χ0) is 22.1. The number of pyridine rings is 1. The fourth-order valence-electron chi connectivity index (χ4n) is 3.92. The molecule has 3 aromatic heterocycles. The summed E-state index contributed by atoms with van der Waals surface area (Å²) in [5.41, 5.74) is 5.54. The summed E-state index contributed by atoms with van der Waals surface area (Å²) in [6.45, 7) is 3.99. The largest absolute Gasteiger partial charge is 0.358 e. The summed E-state index contributed by atoms with van der Waals surface area (Å²) < 4.78 is 2.01. The van der Waals surface area contributed by atoms with Crippen LogP contribution in [0, 0.1) is 13.8 Å². The van der Waals surface area contributed by atoms with E-state index in [1.54, 1.807) is 12.4 Å². The van der Waals surface area contributed by atoms with Crippen LogP contribution < -0.4 is 0 Å². The number of fused-ring (bicyclic) bond motifs is 1. The Kier molecular flexibility index (Phi) is 5.33. The molecule has 1 N–H and O–H groups in total. The zero-order valence-corrected chi connectivity index (χ0v) is 18.6. The van der Waals surface area contributed by atoms with Crippen molar-refractivity contribution in [2.75, 3.05) is 5.75 Å². The predicted molar refractivity (Wildman–Crippen MR) is 127 cm³/mol. The Hall–Kier alpha value is -3.71. The number of carbonyl (C=O) groups excluding carboxylic acids is 1. The summed E-state index contributed by atoms with van der Waals surface area (Å²) in [6, 6.07) is 19.8. The molecule has 0 atom stereocenters. The highest BCUT2D eigenvalue weighted by molar-refractivity contribution is 7.99. The van der Waals surface area contributed by atoms with Gasteiger partial charge in [0, 0.05) is 40.1 Å². The van der Waals surface area contributed by atoms with Crippen molar-refractivity contribution >= 4 is 28.4 Å². The molecule has 5 aromatic rings. The number of ketones is 1. The second-order valence-electron chi connectivity index (χ2n) is 7.55. The minimum absolute atomic E-state index is 0.0622. The number of Topliss-reactive ketones (excluding diaryl/α,β-unsaturated/α-hetero) is 1. The molecule has 0 radical (unpaired) electrons. The van der Waals surface area contributed by atoms with Gasteiger partial charge in [-0.3, -0.25) is 14.3 Å². The van der Waals surface area contributed by atoms with Crippen LogP contribution in [0.1, 0.15) is 21.6 Å². The molecule has 0 saturated heterocycles. The molecular formula is C25H21N5OS. The van der Waals surface area contributed by atoms with Gasteiger partial charge in [0.15, 0.2) is 16.8 Å². The highest BCUT2D eigenvalue weighted by atomic mass is 32.2. The molecule has 0 fully saturated rings. The number of nitrogens with zero attached hydrogens (tertiary/aromatic N) is 4. The predicted octanol–water partition coefficient (Wildman–Crippen LogP) is 5.40. The average Bonchev–Trinajstić information content (AvgIpc) is 3.38. The molecule has 0 aliphatic heterocycles. The zero-order valence-electron chi connectivity index (χ0n) is 17.7. The molecule has 7 heteroatoms. The molecule has 2 aromatic carbocycles. The van der Waals surface area contributed by atoms with Crippen LogP contribution in [0.15, 0.2) is 78.2 Å². The van der Waals surface area contributed by atoms with Crippen LogP contribution in [-0.4, -0.2) is 36.3 Å². The number of nitrogens with one attached hydrogen (secondary N) is 1. The van der Waals surface area contributed by atoms with Crippen LogP contribution in [0.4, 0.5) is 0 Å². The molecule has 0 aliphatic rings. The minimum Gasteiger partial charge on any atom is -0.358 e. The lowest BCUT2D eigenvalue weighted by Crippen LogP contribution is -2.06. The average molecular weight is 440 g/mol. The minimum atomic E-state index is 0.0622. The summed E-state index contributed by atoms with van der Waals surface area (Å²) in [5, 5.41) is 10.5. The number of hydrogen-bond donors (Lipinski definition) is 1. The molecular weight excluding hydrogens is 418 g/mol. The van der Waals surface area contributed by atoms with E-state index in [9.17, 15) is 4.79 Å². The van der Waals surface area contributed by atoms with Crippen LogP contribution in [0.25, 0.3) is 28.0 Å². The lowest BCUT2D eigenvalue weighted by Gasteiger charge is -2.12. The Bertz CT molecular complexity index is 1420. The number of thioether (sulfide) groups is 1. The third-order valence-electron chi connectivity index (χ3n) is 5.41. The number of para-hydroxylation sites is 2. The van der Waals surface area contributed by atoms with Crippen molar-refractivity contribution in [1.29, 1.82) is 0 Å². The van der Waals surface area contributed by atoms with Gasteiger partial charge in [0.05, 0.1) is 11.4 Å². The molecule has 32 heavy (non-hydrogen) atoms. The number of aromatic nitrogens is 5. The summed E-state index contributed by atoms with van der Waals surface area (Å²) in [5.74, 6) is 1.03. The van der Waals surface area contributed by atoms with Crippen LogP contribution in [0.2, 0.25) is 0 Å². The fraction of sp³-hybridized carbons (Fsp3) is 0.120. The Morgan fingerprint density at radius 2 is 1.81 bits per heavy atom. The molecule has 0 saturated carbocycles. The first kappa shape index (κ1) is 20.2. The summed E-state index contributed by atoms with van der Waals surface area (Å²) >= 11 is 1.40. The maximum absolute atomic E-state index is 13.2. The van der Waals surface area contributed by atoms with E-state index in [1.807, 2.05) is 66.1 Å². The highest BCUT2D eigenvalue weighted by Crippen LogP contribution is 2.30. The van der Waals surface area contributed by atoms with E-state index in [2.05, 4.69) is 33.2 Å². The highest BCUT2D eigenvalue weighted by Gasteiger charge is 2.21. The van der Waals surface area contributed by atoms with Crippen molar-refractivity contribution in [3.8, 4) is 17.1 Å². The van der Waals surface area contributed by atoms with E-state index >= 15 is 0 Å². The van der Waals surface area contributed by atoms with Crippen LogP contribution in [-0.2, 0) is 0 Å². The number of aromatic amines is 1. The van der Waals surface area contributed by atoms with E-state index in [0.29, 0.717) is 11.0 Å². The van der Waals surface area contributed by atoms with Crippen LogP contribution >= 0.6 is 11.8 Å². The van der Waals surface area contributed by atoms with Crippen molar-refractivity contribution in [3.05, 3.63) is 89.9 Å². The van der Waals surface area contributed by atoms with Crippen molar-refractivity contribution in [2.45, 2.75) is 19.0 Å². The maximum Gasteiger partial charge on any atom is 0.196 e. The topological polar surface area (TPSA) is 76.5 Å². The van der Waals surface area contributed by atoms with Gasteiger partial charge in [0.1, 0.15) is 0 Å². The van der Waals surface area contributed by atoms with E-state index < -0.39 is 0 Å². The van der Waals surface area contributed by atoms with E-state index in [4.69, 9.17) is 0 Å². The molecule has 3 heterocycles. The number of aryl methyl sites for hydroxylation is 2. The van der Waals surface area contributed by atoms with Gasteiger partial charge in [-0.2, -0.15) is 0 Å². The van der Waals surface area contributed by atoms with Gasteiger partial charge >= 0.3 is 0 Å². The first-order chi connectivity index (χ1) is 15.6. The van der Waals surface area contributed by atoms with Crippen molar-refractivity contribution in [2.24, 2.45) is 0 Å². The Balaban J connectivity index is 1.52. The standard InChI is InChI=1S/C25H21N5OS/c1-16-8-3-6-12-21(16)30-24(18-9-7-13-26-14-18)28-29-25(30)32-15-22(31)23-17(2)27-20-11-5-4-10-19(20)23/h3-14,27H,15H2,1-2H3. The smallest absolute Gasteiger partial charge is 0.196 e. The number of H-pyrrole nitrogens is 1. The molecule has 0 amide bonds. The van der Waals surface area contributed by atoms with Gasteiger partial charge in [-0.1, -0.05) is 48.2 Å². The first-order valence-electron chi connectivity index (χ1n) is 10.3. The summed E-state index contributed by atoms with van der Waals surface area (Å²) in [6.07, 6.45) is 3.50. The van der Waals surface area contributed by atoms with Crippen molar-refractivity contribution in [1.82, 2.24) is 24.7 Å². The third-order valence-corrected chi connectivity index (χ3v) is 6.34. The second-order valence-corrected chi connectivity index (χ2v) is 8.49. The van der Waals surface area contributed by atoms with Gasteiger partial charge in [0.25, 0.3) is 0 Å². The van der Waals surface area contributed by atoms with Gasteiger partial charge in [-0.05, 0) is 43.7 Å². The SMILES string of the molecule is Cc1ccccc1-n1c(SCC(=O)c2c(C)[nH]c3ccccc23)nnc1-c1cccnc1. The molecule has 0 spiro atoms. The van der Waals surface area contributed by atoms with Crippen molar-refractivity contribution < 1.29 is 4.79 Å². The Morgan fingerprint density at radius 3 is 2.62 bits per heavy atom. The number of benzene rings is 2. The van der Waals surface area contributed by atoms with Gasteiger partial charge < -0.3 is 4.98 Å². The summed E-state index contributed by atoms with van der Waals surface area (Å²) in [4.78, 5) is 20.7. The lowest BCUT2D eigenvalue weighted by molar-refractivity contribution is 0.102. The second kappa shape index (κ2) is 8.43. The van der Waals surface area contributed by atoms with Gasteiger partial charge in [-0.15, -0.1) is 10.2 Å². The quantitative estimate of drug-likeness (QED) is 0.283. The van der Waals surface area contributed by atoms with Gasteiger partial charge in [-0.25, -0.2) is 0 Å². The molecule has 158 valence electrons. The van der Waals surface area contributed by atoms with Crippen LogP contribution in [0.5, 0.6) is 0 Å². The Morgan fingerprint density at radius 1 is 1.00 bits per heavy atom. The molecule has 0 aliphatic carbocycles. The number of rotatable bonds is 6. The fourth-order valence-corrected chi connectivity index (χ4v) is 4.73. The molecule has 5 rings (SSSR count). The van der Waals surface area contributed by atoms with E-state index in [-0.39, 0.29) is 11.5 Å². The van der Waals surface area contributed by atoms with E-state index in [0.717, 1.165) is 39.0 Å². The molecule has 0 bridgehead atoms. The van der Waals surface area contributed by atoms with E-state index in [1.165, 1.54) is 11.8 Å². The van der Waals surface area contributed by atoms with Crippen molar-refractivity contribution in [3.63, 3.8) is 0 Å². The van der Waals surface area contributed by atoms with Crippen LogP contribution in [0.3, 0.4) is 0 Å². The molecule has 6 nitrogen and oxygen atoms in total. The monoisotopic (exact) mass is 439 g/mol. The number of carbonyl (C=O) groups is 1. The molecule has 0 unspecified atom stereocenters.